The monoisotopic (exact) mass is 332 g/mol. The van der Waals surface area contributed by atoms with Gasteiger partial charge in [-0.05, 0) is 36.4 Å². The molecule has 2 aromatic carbocycles. The van der Waals surface area contributed by atoms with E-state index in [0.29, 0.717) is 27.5 Å². The van der Waals surface area contributed by atoms with Crippen LogP contribution in [0, 0.1) is 0 Å². The number of fused-ring (bicyclic) bond motifs is 2. The Kier molecular flexibility index (Phi) is 3.06. The van der Waals surface area contributed by atoms with Crippen molar-refractivity contribution in [3.8, 4) is 0 Å². The summed E-state index contributed by atoms with van der Waals surface area (Å²) in [6.07, 6.45) is 0. The van der Waals surface area contributed by atoms with E-state index in [0.717, 1.165) is 4.47 Å². The Bertz CT molecular complexity index is 895. The van der Waals surface area contributed by atoms with Gasteiger partial charge in [0.15, 0.2) is 0 Å². The first-order chi connectivity index (χ1) is 9.60. The maximum atomic E-state index is 12.4. The average Bonchev–Trinajstić information content (AvgIpc) is 2.47. The number of rotatable bonds is 1. The van der Waals surface area contributed by atoms with Crippen LogP contribution in [0.1, 0.15) is 10.4 Å². The van der Waals surface area contributed by atoms with Crippen molar-refractivity contribution in [2.24, 2.45) is 0 Å². The summed E-state index contributed by atoms with van der Waals surface area (Å²) in [6.45, 7) is 0. The molecule has 0 radical (unpaired) electrons. The van der Waals surface area contributed by atoms with E-state index in [1.54, 1.807) is 30.3 Å². The molecule has 20 heavy (non-hydrogen) atoms. The number of ether oxygens (including phenoxy) is 1. The van der Waals surface area contributed by atoms with Crippen LogP contribution in [0.15, 0.2) is 50.1 Å². The number of carbonyl (C=O) groups is 1. The molecular formula is C15H9BrO4. The van der Waals surface area contributed by atoms with Crippen molar-refractivity contribution in [1.29, 1.82) is 0 Å². The smallest absolute Gasteiger partial charge is 0.337 e. The summed E-state index contributed by atoms with van der Waals surface area (Å²) < 4.78 is 11.2. The molecular weight excluding hydrogens is 324 g/mol. The lowest BCUT2D eigenvalue weighted by Gasteiger charge is -2.04. The number of methoxy groups -OCH3 is 1. The number of hydrogen-bond donors (Lipinski definition) is 0. The summed E-state index contributed by atoms with van der Waals surface area (Å²) >= 11 is 3.33. The third-order valence-corrected chi connectivity index (χ3v) is 3.55. The third-order valence-electron chi connectivity index (χ3n) is 3.05. The summed E-state index contributed by atoms with van der Waals surface area (Å²) in [5.41, 5.74) is 1.07. The minimum absolute atomic E-state index is 0.126. The Morgan fingerprint density at radius 2 is 1.90 bits per heavy atom. The molecule has 1 aromatic heterocycles. The molecule has 0 aliphatic heterocycles. The van der Waals surface area contributed by atoms with Gasteiger partial charge in [-0.25, -0.2) is 4.79 Å². The summed E-state index contributed by atoms with van der Waals surface area (Å²) in [5.74, 6) is -0.467. The van der Waals surface area contributed by atoms with Gasteiger partial charge in [0.2, 0.25) is 5.43 Å². The van der Waals surface area contributed by atoms with Crippen LogP contribution in [0.2, 0.25) is 0 Å². The first-order valence-electron chi connectivity index (χ1n) is 5.84. The van der Waals surface area contributed by atoms with E-state index in [9.17, 15) is 9.59 Å². The molecule has 0 amide bonds. The average molecular weight is 333 g/mol. The molecule has 0 aliphatic rings. The zero-order valence-corrected chi connectivity index (χ0v) is 12.1. The van der Waals surface area contributed by atoms with Crippen LogP contribution in [0.4, 0.5) is 0 Å². The lowest BCUT2D eigenvalue weighted by molar-refractivity contribution is 0.0601. The fourth-order valence-electron chi connectivity index (χ4n) is 2.07. The molecule has 0 saturated heterocycles. The number of esters is 1. The van der Waals surface area contributed by atoms with Crippen molar-refractivity contribution in [3.05, 3.63) is 56.7 Å². The van der Waals surface area contributed by atoms with E-state index in [1.165, 1.54) is 13.2 Å². The minimum Gasteiger partial charge on any atom is -0.465 e. The topological polar surface area (TPSA) is 56.5 Å². The summed E-state index contributed by atoms with van der Waals surface area (Å²) in [5, 5.41) is 0.931. The Balaban J connectivity index is 2.38. The third kappa shape index (κ3) is 2.00. The van der Waals surface area contributed by atoms with Gasteiger partial charge in [0.05, 0.1) is 23.4 Å². The quantitative estimate of drug-likeness (QED) is 0.505. The van der Waals surface area contributed by atoms with Crippen LogP contribution in [-0.2, 0) is 4.74 Å². The van der Waals surface area contributed by atoms with Crippen molar-refractivity contribution < 1.29 is 13.9 Å². The van der Waals surface area contributed by atoms with Gasteiger partial charge in [-0.15, -0.1) is 0 Å². The first-order valence-corrected chi connectivity index (χ1v) is 6.64. The number of carbonyl (C=O) groups excluding carboxylic acids is 1. The van der Waals surface area contributed by atoms with E-state index >= 15 is 0 Å². The Hall–Kier alpha value is -2.14. The molecule has 0 saturated carbocycles. The lowest BCUT2D eigenvalue weighted by atomic mass is 10.1. The number of halogens is 1. The largest absolute Gasteiger partial charge is 0.465 e. The highest BCUT2D eigenvalue weighted by Gasteiger charge is 2.11. The van der Waals surface area contributed by atoms with Crippen LogP contribution in [0.5, 0.6) is 0 Å². The normalized spacial score (nSPS) is 10.9. The van der Waals surface area contributed by atoms with Crippen LogP contribution in [0.3, 0.4) is 0 Å². The second kappa shape index (κ2) is 4.76. The molecule has 0 unspecified atom stereocenters. The second-order valence-corrected chi connectivity index (χ2v) is 5.19. The molecule has 0 bridgehead atoms. The predicted molar refractivity (Wildman–Crippen MR) is 79.0 cm³/mol. The SMILES string of the molecule is COC(=O)c1ccc2c(=O)c3cc(Br)ccc3oc2c1. The van der Waals surface area contributed by atoms with E-state index in [2.05, 4.69) is 20.7 Å². The van der Waals surface area contributed by atoms with Gasteiger partial charge in [0.25, 0.3) is 0 Å². The van der Waals surface area contributed by atoms with Crippen molar-refractivity contribution >= 4 is 43.8 Å². The minimum atomic E-state index is -0.467. The van der Waals surface area contributed by atoms with Crippen LogP contribution in [0.25, 0.3) is 21.9 Å². The second-order valence-electron chi connectivity index (χ2n) is 4.27. The van der Waals surface area contributed by atoms with Gasteiger partial charge in [0, 0.05) is 4.47 Å². The molecule has 100 valence electrons. The maximum Gasteiger partial charge on any atom is 0.337 e. The summed E-state index contributed by atoms with van der Waals surface area (Å²) in [4.78, 5) is 23.9. The molecule has 0 N–H and O–H groups in total. The van der Waals surface area contributed by atoms with Gasteiger partial charge in [-0.2, -0.15) is 0 Å². The van der Waals surface area contributed by atoms with Crippen molar-refractivity contribution in [1.82, 2.24) is 0 Å². The molecule has 1 heterocycles. The highest BCUT2D eigenvalue weighted by Crippen LogP contribution is 2.22. The van der Waals surface area contributed by atoms with Crippen molar-refractivity contribution in [2.75, 3.05) is 7.11 Å². The van der Waals surface area contributed by atoms with E-state index in [1.807, 2.05) is 0 Å². The zero-order valence-electron chi connectivity index (χ0n) is 10.5. The molecule has 0 spiro atoms. The van der Waals surface area contributed by atoms with Crippen LogP contribution >= 0.6 is 15.9 Å². The highest BCUT2D eigenvalue weighted by molar-refractivity contribution is 9.10. The Morgan fingerprint density at radius 3 is 2.65 bits per heavy atom. The maximum absolute atomic E-state index is 12.4. The van der Waals surface area contributed by atoms with E-state index in [4.69, 9.17) is 4.42 Å². The fraction of sp³-hybridized carbons (Fsp3) is 0.0667. The zero-order chi connectivity index (χ0) is 14.3. The molecule has 0 aliphatic carbocycles. The van der Waals surface area contributed by atoms with Crippen LogP contribution in [-0.4, -0.2) is 13.1 Å². The first kappa shape index (κ1) is 12.9. The summed E-state index contributed by atoms with van der Waals surface area (Å²) in [7, 11) is 1.31. The molecule has 5 heteroatoms. The molecule has 4 nitrogen and oxygen atoms in total. The predicted octanol–water partition coefficient (Wildman–Crippen LogP) is 3.50. The molecule has 0 atom stereocenters. The summed E-state index contributed by atoms with van der Waals surface area (Å²) in [6, 6.07) is 9.87. The molecule has 0 fully saturated rings. The number of benzene rings is 2. The van der Waals surface area contributed by atoms with Crippen molar-refractivity contribution in [3.63, 3.8) is 0 Å². The van der Waals surface area contributed by atoms with Gasteiger partial charge >= 0.3 is 5.97 Å². The molecule has 3 rings (SSSR count). The number of hydrogen-bond acceptors (Lipinski definition) is 4. The Morgan fingerprint density at radius 1 is 1.10 bits per heavy atom. The van der Waals surface area contributed by atoms with E-state index < -0.39 is 5.97 Å². The van der Waals surface area contributed by atoms with Gasteiger partial charge in [-0.3, -0.25) is 4.79 Å². The lowest BCUT2D eigenvalue weighted by Crippen LogP contribution is -2.05. The van der Waals surface area contributed by atoms with E-state index in [-0.39, 0.29) is 5.43 Å². The van der Waals surface area contributed by atoms with Gasteiger partial charge in [0.1, 0.15) is 11.2 Å². The fourth-order valence-corrected chi connectivity index (χ4v) is 2.43. The highest BCUT2D eigenvalue weighted by atomic mass is 79.9. The van der Waals surface area contributed by atoms with Crippen LogP contribution < -0.4 is 5.43 Å². The van der Waals surface area contributed by atoms with Crippen molar-refractivity contribution in [2.45, 2.75) is 0 Å². The van der Waals surface area contributed by atoms with Gasteiger partial charge in [-0.1, -0.05) is 15.9 Å². The standard InChI is InChI=1S/C15H9BrO4/c1-19-15(18)8-2-4-10-13(6-8)20-12-5-3-9(16)7-11(12)14(10)17/h2-7H,1H3. The van der Waals surface area contributed by atoms with Gasteiger partial charge < -0.3 is 9.15 Å². The molecule has 3 aromatic rings. The Labute approximate surface area is 122 Å².